The lowest BCUT2D eigenvalue weighted by atomic mass is 10.1. The first kappa shape index (κ1) is 12.4. The maximum atomic E-state index is 12.3. The Kier molecular flexibility index (Phi) is 3.14. The largest absolute Gasteiger partial charge is 0.457 e. The van der Waals surface area contributed by atoms with Crippen molar-refractivity contribution in [3.8, 4) is 0 Å². The van der Waals surface area contributed by atoms with Gasteiger partial charge < -0.3 is 13.8 Å². The number of likely N-dealkylation sites (tertiary alicyclic amines) is 1. The highest BCUT2D eigenvalue weighted by molar-refractivity contribution is 9.10. The van der Waals surface area contributed by atoms with Gasteiger partial charge in [0.15, 0.2) is 10.5 Å². The summed E-state index contributed by atoms with van der Waals surface area (Å²) in [5.41, 5.74) is 0.544. The molecule has 100 valence electrons. The Morgan fingerprint density at radius 2 is 2.42 bits per heavy atom. The third kappa shape index (κ3) is 2.30. The number of carbonyl (C=O) groups excluding carboxylic acids is 1. The zero-order valence-corrected chi connectivity index (χ0v) is 11.9. The minimum absolute atomic E-state index is 0.0423. The van der Waals surface area contributed by atoms with Crippen molar-refractivity contribution in [1.29, 1.82) is 0 Å². The van der Waals surface area contributed by atoms with Crippen LogP contribution in [0.3, 0.4) is 0 Å². The van der Waals surface area contributed by atoms with E-state index in [1.807, 2.05) is 0 Å². The van der Waals surface area contributed by atoms with E-state index < -0.39 is 0 Å². The number of halogens is 1. The summed E-state index contributed by atoms with van der Waals surface area (Å²) in [5.74, 6) is 1.31. The molecule has 3 heterocycles. The van der Waals surface area contributed by atoms with Crippen LogP contribution in [0.15, 0.2) is 25.9 Å². The maximum absolute atomic E-state index is 12.3. The fourth-order valence-corrected chi connectivity index (χ4v) is 2.65. The average molecular weight is 326 g/mol. The number of carbonyl (C=O) groups is 1. The van der Waals surface area contributed by atoms with E-state index in [0.717, 1.165) is 6.42 Å². The molecule has 0 saturated carbocycles. The van der Waals surface area contributed by atoms with Crippen molar-refractivity contribution >= 4 is 21.8 Å². The molecular formula is C12H12BrN3O3. The zero-order valence-electron chi connectivity index (χ0n) is 10.3. The van der Waals surface area contributed by atoms with Crippen LogP contribution in [0.5, 0.6) is 0 Å². The van der Waals surface area contributed by atoms with Gasteiger partial charge in [0.1, 0.15) is 0 Å². The average Bonchev–Trinajstić information content (AvgIpc) is 3.07. The van der Waals surface area contributed by atoms with Gasteiger partial charge in [0.2, 0.25) is 5.89 Å². The van der Waals surface area contributed by atoms with Gasteiger partial charge in [-0.05, 0) is 35.3 Å². The van der Waals surface area contributed by atoms with Gasteiger partial charge in [0, 0.05) is 13.1 Å². The summed E-state index contributed by atoms with van der Waals surface area (Å²) >= 11 is 3.22. The highest BCUT2D eigenvalue weighted by Gasteiger charge is 2.32. The third-order valence-corrected chi connectivity index (χ3v) is 3.83. The standard InChI is InChI=1S/C12H12BrN3O3/c1-7-14-11(19-15-7)8-2-4-16(6-8)12(17)9-3-5-18-10(9)13/h3,5,8H,2,4,6H2,1H3/t8-/m1/s1. The van der Waals surface area contributed by atoms with E-state index in [1.54, 1.807) is 17.9 Å². The molecule has 1 atom stereocenters. The van der Waals surface area contributed by atoms with E-state index in [0.29, 0.717) is 35.0 Å². The Bertz CT molecular complexity index is 607. The van der Waals surface area contributed by atoms with Crippen molar-refractivity contribution < 1.29 is 13.7 Å². The molecule has 0 unspecified atom stereocenters. The molecule has 1 fully saturated rings. The van der Waals surface area contributed by atoms with Crippen LogP contribution in [0, 0.1) is 6.92 Å². The predicted molar refractivity (Wildman–Crippen MR) is 68.7 cm³/mol. The van der Waals surface area contributed by atoms with Crippen LogP contribution in [0.25, 0.3) is 0 Å². The fourth-order valence-electron chi connectivity index (χ4n) is 2.24. The summed E-state index contributed by atoms with van der Waals surface area (Å²) in [6.45, 7) is 3.06. The topological polar surface area (TPSA) is 72.4 Å². The quantitative estimate of drug-likeness (QED) is 0.847. The monoisotopic (exact) mass is 325 g/mol. The van der Waals surface area contributed by atoms with Crippen molar-refractivity contribution in [1.82, 2.24) is 15.0 Å². The fraction of sp³-hybridized carbons (Fsp3) is 0.417. The number of rotatable bonds is 2. The number of aryl methyl sites for hydroxylation is 1. The van der Waals surface area contributed by atoms with Crippen LogP contribution < -0.4 is 0 Å². The molecule has 6 nitrogen and oxygen atoms in total. The van der Waals surface area contributed by atoms with Crippen molar-refractivity contribution in [3.05, 3.63) is 34.3 Å². The molecular weight excluding hydrogens is 314 g/mol. The van der Waals surface area contributed by atoms with Gasteiger partial charge >= 0.3 is 0 Å². The number of nitrogens with zero attached hydrogens (tertiary/aromatic N) is 3. The number of hydrogen-bond donors (Lipinski definition) is 0. The summed E-state index contributed by atoms with van der Waals surface area (Å²) in [4.78, 5) is 18.3. The summed E-state index contributed by atoms with van der Waals surface area (Å²) in [6.07, 6.45) is 2.33. The van der Waals surface area contributed by atoms with Gasteiger partial charge in [0.05, 0.1) is 17.7 Å². The number of amides is 1. The molecule has 1 saturated heterocycles. The Morgan fingerprint density at radius 3 is 3.05 bits per heavy atom. The molecule has 0 aliphatic carbocycles. The van der Waals surface area contributed by atoms with E-state index >= 15 is 0 Å². The Balaban J connectivity index is 1.72. The van der Waals surface area contributed by atoms with Crippen LogP contribution in [0.4, 0.5) is 0 Å². The SMILES string of the molecule is Cc1noc([C@@H]2CCN(C(=O)c3ccoc3Br)C2)n1. The highest BCUT2D eigenvalue weighted by atomic mass is 79.9. The zero-order chi connectivity index (χ0) is 13.4. The smallest absolute Gasteiger partial charge is 0.258 e. The second-order valence-electron chi connectivity index (χ2n) is 4.52. The van der Waals surface area contributed by atoms with Gasteiger partial charge in [-0.25, -0.2) is 0 Å². The number of aromatic nitrogens is 2. The van der Waals surface area contributed by atoms with Gasteiger partial charge in [-0.2, -0.15) is 4.98 Å². The van der Waals surface area contributed by atoms with Gasteiger partial charge in [-0.3, -0.25) is 4.79 Å². The van der Waals surface area contributed by atoms with Crippen LogP contribution in [-0.2, 0) is 0 Å². The molecule has 2 aromatic rings. The van der Waals surface area contributed by atoms with Gasteiger partial charge in [-0.15, -0.1) is 0 Å². The first-order valence-corrected chi connectivity index (χ1v) is 6.77. The van der Waals surface area contributed by atoms with Crippen molar-refractivity contribution in [3.63, 3.8) is 0 Å². The molecule has 3 rings (SSSR count). The van der Waals surface area contributed by atoms with E-state index in [4.69, 9.17) is 8.94 Å². The normalized spacial score (nSPS) is 19.1. The maximum Gasteiger partial charge on any atom is 0.258 e. The van der Waals surface area contributed by atoms with Crippen LogP contribution in [-0.4, -0.2) is 34.0 Å². The Morgan fingerprint density at radius 1 is 1.58 bits per heavy atom. The molecule has 0 bridgehead atoms. The van der Waals surface area contributed by atoms with E-state index in [9.17, 15) is 4.79 Å². The third-order valence-electron chi connectivity index (χ3n) is 3.22. The number of hydrogen-bond acceptors (Lipinski definition) is 5. The minimum atomic E-state index is -0.0423. The molecule has 0 spiro atoms. The first-order chi connectivity index (χ1) is 9.15. The Hall–Kier alpha value is -1.63. The molecule has 0 radical (unpaired) electrons. The lowest BCUT2D eigenvalue weighted by Crippen LogP contribution is -2.28. The molecule has 1 aliphatic rings. The molecule has 0 N–H and O–H groups in total. The molecule has 0 aromatic carbocycles. The van der Waals surface area contributed by atoms with Crippen LogP contribution >= 0.6 is 15.9 Å². The summed E-state index contributed by atoms with van der Waals surface area (Å²) in [6, 6.07) is 1.66. The van der Waals surface area contributed by atoms with Crippen molar-refractivity contribution in [2.45, 2.75) is 19.3 Å². The first-order valence-electron chi connectivity index (χ1n) is 5.97. The number of furan rings is 1. The van der Waals surface area contributed by atoms with E-state index in [-0.39, 0.29) is 11.8 Å². The summed E-state index contributed by atoms with van der Waals surface area (Å²) in [5, 5.41) is 3.78. The summed E-state index contributed by atoms with van der Waals surface area (Å²) < 4.78 is 10.7. The van der Waals surface area contributed by atoms with Crippen LogP contribution in [0.2, 0.25) is 0 Å². The van der Waals surface area contributed by atoms with Gasteiger partial charge in [-0.1, -0.05) is 5.16 Å². The Labute approximate surface area is 117 Å². The van der Waals surface area contributed by atoms with Crippen molar-refractivity contribution in [2.75, 3.05) is 13.1 Å². The van der Waals surface area contributed by atoms with Gasteiger partial charge in [0.25, 0.3) is 5.91 Å². The van der Waals surface area contributed by atoms with Crippen molar-refractivity contribution in [2.24, 2.45) is 0 Å². The lowest BCUT2D eigenvalue weighted by molar-refractivity contribution is 0.0787. The molecule has 2 aromatic heterocycles. The minimum Gasteiger partial charge on any atom is -0.457 e. The molecule has 1 amide bonds. The predicted octanol–water partition coefficient (Wildman–Crippen LogP) is 2.36. The second kappa shape index (κ2) is 4.80. The van der Waals surface area contributed by atoms with E-state index in [1.165, 1.54) is 6.26 Å². The molecule has 7 heteroatoms. The highest BCUT2D eigenvalue weighted by Crippen LogP contribution is 2.28. The lowest BCUT2D eigenvalue weighted by Gasteiger charge is -2.14. The second-order valence-corrected chi connectivity index (χ2v) is 5.24. The van der Waals surface area contributed by atoms with E-state index in [2.05, 4.69) is 26.1 Å². The molecule has 1 aliphatic heterocycles. The molecule has 19 heavy (non-hydrogen) atoms. The summed E-state index contributed by atoms with van der Waals surface area (Å²) in [7, 11) is 0. The van der Waals surface area contributed by atoms with Crippen LogP contribution in [0.1, 0.15) is 34.4 Å².